The van der Waals surface area contributed by atoms with E-state index in [1.54, 1.807) is 14.2 Å². The summed E-state index contributed by atoms with van der Waals surface area (Å²) >= 11 is 3.58. The van der Waals surface area contributed by atoms with Crippen LogP contribution in [0.4, 0.5) is 11.8 Å². The van der Waals surface area contributed by atoms with Crippen LogP contribution in [-0.4, -0.2) is 51.4 Å². The predicted octanol–water partition coefficient (Wildman–Crippen LogP) is 5.48. The molecule has 0 aliphatic heterocycles. The minimum atomic E-state index is 0.658. The monoisotopic (exact) mass is 541 g/mol. The zero-order valence-corrected chi connectivity index (χ0v) is 22.7. The number of nitrogens with zero attached hydrogens (tertiary/aromatic N) is 3. The van der Waals surface area contributed by atoms with E-state index in [9.17, 15) is 0 Å². The number of aromatic nitrogens is 2. The molecule has 0 amide bonds. The molecule has 1 fully saturated rings. The summed E-state index contributed by atoms with van der Waals surface area (Å²) in [6.45, 7) is 2.77. The molecule has 1 aliphatic rings. The third kappa shape index (κ3) is 6.35. The highest BCUT2D eigenvalue weighted by molar-refractivity contribution is 9.10. The molecule has 1 heterocycles. The average Bonchev–Trinajstić information content (AvgIpc) is 2.87. The van der Waals surface area contributed by atoms with Crippen molar-refractivity contribution >= 4 is 38.6 Å². The van der Waals surface area contributed by atoms with Gasteiger partial charge in [-0.1, -0.05) is 12.1 Å². The first kappa shape index (κ1) is 25.5. The summed E-state index contributed by atoms with van der Waals surface area (Å²) < 4.78 is 11.8. The van der Waals surface area contributed by atoms with E-state index in [0.29, 0.717) is 11.8 Å². The summed E-state index contributed by atoms with van der Waals surface area (Å²) in [4.78, 5) is 11.6. The van der Waals surface area contributed by atoms with Crippen molar-refractivity contribution in [1.29, 1.82) is 0 Å². The van der Waals surface area contributed by atoms with E-state index in [1.807, 2.05) is 43.3 Å². The molecular formula is C27H36BrN5O2. The Morgan fingerprint density at radius 1 is 0.971 bits per heavy atom. The molecule has 0 unspecified atom stereocenters. The minimum Gasteiger partial charge on any atom is -0.493 e. The summed E-state index contributed by atoms with van der Waals surface area (Å²) in [5.74, 6) is 4.53. The lowest BCUT2D eigenvalue weighted by atomic mass is 9.82. The van der Waals surface area contributed by atoms with E-state index in [-0.39, 0.29) is 0 Å². The summed E-state index contributed by atoms with van der Waals surface area (Å²) in [6, 6.07) is 12.3. The molecule has 0 spiro atoms. The number of hydrogen-bond donors (Lipinski definition) is 2. The second-order valence-corrected chi connectivity index (χ2v) is 10.3. The molecule has 7 nitrogen and oxygen atoms in total. The highest BCUT2D eigenvalue weighted by Gasteiger charge is 2.21. The first-order valence-corrected chi connectivity index (χ1v) is 13.1. The molecule has 0 bridgehead atoms. The second kappa shape index (κ2) is 11.9. The van der Waals surface area contributed by atoms with Crippen molar-refractivity contribution in [3.8, 4) is 11.5 Å². The van der Waals surface area contributed by atoms with Crippen LogP contribution in [0.5, 0.6) is 11.5 Å². The van der Waals surface area contributed by atoms with E-state index in [4.69, 9.17) is 19.4 Å². The van der Waals surface area contributed by atoms with Crippen LogP contribution in [0.15, 0.2) is 40.9 Å². The lowest BCUT2D eigenvalue weighted by Crippen LogP contribution is -2.28. The standard InChI is InChI=1S/C27H36BrN5O2/c1-33(2)26-21-7-5-6-8-23(21)31-27(32-26)30-17-19-11-9-18(10-12-19)15-29-16-20-13-22(28)25(35-4)24(14-20)34-3/h5-8,13-14,18-19,29H,9-12,15-17H2,1-4H3,(H,30,31,32). The Kier molecular flexibility index (Phi) is 8.68. The fourth-order valence-electron chi connectivity index (χ4n) is 4.85. The molecule has 1 aromatic heterocycles. The third-order valence-corrected chi connectivity index (χ3v) is 7.37. The van der Waals surface area contributed by atoms with Gasteiger partial charge in [-0.2, -0.15) is 4.98 Å². The van der Waals surface area contributed by atoms with Crippen molar-refractivity contribution in [1.82, 2.24) is 15.3 Å². The van der Waals surface area contributed by atoms with Crippen LogP contribution >= 0.6 is 15.9 Å². The van der Waals surface area contributed by atoms with Crippen molar-refractivity contribution in [3.63, 3.8) is 0 Å². The number of benzene rings is 2. The number of methoxy groups -OCH3 is 2. The molecule has 1 saturated carbocycles. The van der Waals surface area contributed by atoms with Crippen molar-refractivity contribution < 1.29 is 9.47 Å². The lowest BCUT2D eigenvalue weighted by molar-refractivity contribution is 0.275. The largest absolute Gasteiger partial charge is 0.493 e. The predicted molar refractivity (Wildman–Crippen MR) is 147 cm³/mol. The molecule has 8 heteroatoms. The van der Waals surface area contributed by atoms with Gasteiger partial charge in [0.05, 0.1) is 24.2 Å². The zero-order chi connectivity index (χ0) is 24.8. The summed E-state index contributed by atoms with van der Waals surface area (Å²) in [6.07, 6.45) is 4.96. The van der Waals surface area contributed by atoms with Gasteiger partial charge in [0.25, 0.3) is 0 Å². The van der Waals surface area contributed by atoms with Gasteiger partial charge in [0, 0.05) is 32.6 Å². The van der Waals surface area contributed by atoms with Crippen molar-refractivity contribution in [3.05, 3.63) is 46.4 Å². The van der Waals surface area contributed by atoms with Gasteiger partial charge < -0.3 is 25.0 Å². The van der Waals surface area contributed by atoms with Gasteiger partial charge in [0.1, 0.15) is 5.82 Å². The Morgan fingerprint density at radius 3 is 2.37 bits per heavy atom. The molecule has 2 N–H and O–H groups in total. The number of fused-ring (bicyclic) bond motifs is 1. The Bertz CT molecular complexity index is 1130. The Morgan fingerprint density at radius 2 is 1.69 bits per heavy atom. The molecule has 3 aromatic rings. The topological polar surface area (TPSA) is 71.5 Å². The van der Waals surface area contributed by atoms with Gasteiger partial charge in [0.2, 0.25) is 5.95 Å². The van der Waals surface area contributed by atoms with Gasteiger partial charge in [-0.15, -0.1) is 0 Å². The van der Waals surface area contributed by atoms with Crippen LogP contribution in [0.2, 0.25) is 0 Å². The summed E-state index contributed by atoms with van der Waals surface area (Å²) in [5, 5.41) is 8.23. The van der Waals surface area contributed by atoms with Crippen LogP contribution < -0.4 is 25.0 Å². The molecule has 0 saturated heterocycles. The van der Waals surface area contributed by atoms with E-state index in [0.717, 1.165) is 58.3 Å². The maximum absolute atomic E-state index is 5.46. The van der Waals surface area contributed by atoms with Crippen molar-refractivity contribution in [2.24, 2.45) is 11.8 Å². The van der Waals surface area contributed by atoms with Gasteiger partial charge in [-0.25, -0.2) is 4.98 Å². The smallest absolute Gasteiger partial charge is 0.225 e. The molecule has 1 aliphatic carbocycles. The molecule has 4 rings (SSSR count). The Balaban J connectivity index is 1.24. The molecule has 0 radical (unpaired) electrons. The number of rotatable bonds is 10. The molecule has 0 atom stereocenters. The number of halogens is 1. The fraction of sp³-hybridized carbons (Fsp3) is 0.481. The quantitative estimate of drug-likeness (QED) is 0.352. The van der Waals surface area contributed by atoms with E-state index >= 15 is 0 Å². The van der Waals surface area contributed by atoms with Crippen molar-refractivity contribution in [2.45, 2.75) is 32.2 Å². The van der Waals surface area contributed by atoms with E-state index in [1.165, 1.54) is 31.2 Å². The van der Waals surface area contributed by atoms with Gasteiger partial charge in [-0.05, 0) is 89.8 Å². The first-order valence-electron chi connectivity index (χ1n) is 12.3. The third-order valence-electron chi connectivity index (χ3n) is 6.78. The van der Waals surface area contributed by atoms with Crippen LogP contribution in [0.3, 0.4) is 0 Å². The van der Waals surface area contributed by atoms with Crippen LogP contribution in [0.1, 0.15) is 31.2 Å². The molecule has 2 aromatic carbocycles. The fourth-order valence-corrected chi connectivity index (χ4v) is 5.50. The van der Waals surface area contributed by atoms with Gasteiger partial charge in [0.15, 0.2) is 11.5 Å². The number of para-hydroxylation sites is 1. The number of ether oxygens (including phenoxy) is 2. The Labute approximate surface area is 216 Å². The lowest BCUT2D eigenvalue weighted by Gasteiger charge is -2.29. The minimum absolute atomic E-state index is 0.658. The number of hydrogen-bond acceptors (Lipinski definition) is 7. The zero-order valence-electron chi connectivity index (χ0n) is 21.1. The molecular weight excluding hydrogens is 506 g/mol. The normalized spacial score (nSPS) is 17.9. The van der Waals surface area contributed by atoms with Crippen LogP contribution in [0.25, 0.3) is 10.9 Å². The maximum Gasteiger partial charge on any atom is 0.225 e. The SMILES string of the molecule is COc1cc(CNCC2CCC(CNc3nc(N(C)C)c4ccccc4n3)CC2)cc(Br)c1OC. The van der Waals surface area contributed by atoms with E-state index in [2.05, 4.69) is 38.7 Å². The Hall–Kier alpha value is -2.58. The molecule has 35 heavy (non-hydrogen) atoms. The van der Waals surface area contributed by atoms with Crippen LogP contribution in [-0.2, 0) is 6.54 Å². The second-order valence-electron chi connectivity index (χ2n) is 9.49. The highest BCUT2D eigenvalue weighted by atomic mass is 79.9. The van der Waals surface area contributed by atoms with Gasteiger partial charge in [-0.3, -0.25) is 0 Å². The first-order chi connectivity index (χ1) is 17.0. The number of anilines is 2. The summed E-state index contributed by atoms with van der Waals surface area (Å²) in [5.41, 5.74) is 2.16. The number of nitrogens with one attached hydrogen (secondary N) is 2. The van der Waals surface area contributed by atoms with E-state index < -0.39 is 0 Å². The molecule has 188 valence electrons. The van der Waals surface area contributed by atoms with Crippen molar-refractivity contribution in [2.75, 3.05) is 51.6 Å². The highest BCUT2D eigenvalue weighted by Crippen LogP contribution is 2.36. The van der Waals surface area contributed by atoms with Crippen LogP contribution in [0, 0.1) is 11.8 Å². The maximum atomic E-state index is 5.46. The van der Waals surface area contributed by atoms with Gasteiger partial charge >= 0.3 is 0 Å². The average molecular weight is 543 g/mol. The summed E-state index contributed by atoms with van der Waals surface area (Å²) in [7, 11) is 7.38.